The number of nitrogens with one attached hydrogen (secondary N) is 1. The summed E-state index contributed by atoms with van der Waals surface area (Å²) in [5.41, 5.74) is 4.86. The molecule has 8 nitrogen and oxygen atoms in total. The number of benzene rings is 3. The molecule has 2 heterocycles. The highest BCUT2D eigenvalue weighted by Crippen LogP contribution is 2.41. The van der Waals surface area contributed by atoms with E-state index in [2.05, 4.69) is 57.0 Å². The Morgan fingerprint density at radius 1 is 1.00 bits per heavy atom. The molecule has 0 saturated heterocycles. The molecule has 0 unspecified atom stereocenters. The van der Waals surface area contributed by atoms with Gasteiger partial charge in [0.2, 0.25) is 0 Å². The third-order valence-electron chi connectivity index (χ3n) is 9.55. The number of carbonyl (C=O) groups is 1. The standard InChI is InChI=1S/C38H48ClN3O5Si/c1-8-45-37(44)36-28(17-12-22-46-32-18-11-15-26-14-9-10-16-27(26)32)29-19-20-30(39)34(35(29)40-36)33-25(2)42(41-31(33)24-43)21-13-23-47-48(6,7)38(3,4)5/h9-11,14-16,18-20,40,43H,8,12-13,17,21-24H2,1-7H3. The van der Waals surface area contributed by atoms with E-state index in [4.69, 9.17) is 30.6 Å². The maximum absolute atomic E-state index is 13.3. The predicted octanol–water partition coefficient (Wildman–Crippen LogP) is 9.24. The van der Waals surface area contributed by atoms with Crippen LogP contribution >= 0.6 is 11.6 Å². The van der Waals surface area contributed by atoms with Crippen molar-refractivity contribution in [2.24, 2.45) is 0 Å². The van der Waals surface area contributed by atoms with E-state index >= 15 is 0 Å². The third-order valence-corrected chi connectivity index (χ3v) is 14.4. The van der Waals surface area contributed by atoms with Gasteiger partial charge in [0.05, 0.1) is 36.1 Å². The summed E-state index contributed by atoms with van der Waals surface area (Å²) in [6.07, 6.45) is 2.05. The van der Waals surface area contributed by atoms with E-state index in [0.29, 0.717) is 60.1 Å². The zero-order valence-corrected chi connectivity index (χ0v) is 31.0. The van der Waals surface area contributed by atoms with Crippen LogP contribution in [0.25, 0.3) is 32.8 Å². The van der Waals surface area contributed by atoms with Crippen LogP contribution < -0.4 is 4.74 Å². The lowest BCUT2D eigenvalue weighted by atomic mass is 9.98. The molecule has 0 aliphatic rings. The van der Waals surface area contributed by atoms with Gasteiger partial charge in [-0.25, -0.2) is 4.79 Å². The molecule has 0 aliphatic heterocycles. The molecule has 3 aromatic carbocycles. The Labute approximate surface area is 289 Å². The van der Waals surface area contributed by atoms with Gasteiger partial charge in [-0.1, -0.05) is 74.8 Å². The van der Waals surface area contributed by atoms with Gasteiger partial charge in [0.1, 0.15) is 11.4 Å². The Morgan fingerprint density at radius 2 is 1.75 bits per heavy atom. The second kappa shape index (κ2) is 14.9. The van der Waals surface area contributed by atoms with Crippen LogP contribution in [0.5, 0.6) is 5.75 Å². The number of hydrogen-bond acceptors (Lipinski definition) is 6. The van der Waals surface area contributed by atoms with Crippen LogP contribution in [0.15, 0.2) is 54.6 Å². The number of esters is 1. The number of aromatic amines is 1. The topological polar surface area (TPSA) is 98.6 Å². The molecule has 0 saturated carbocycles. The molecule has 10 heteroatoms. The number of ether oxygens (including phenoxy) is 2. The summed E-state index contributed by atoms with van der Waals surface area (Å²) >= 11 is 6.92. The number of halogens is 1. The Bertz CT molecular complexity index is 1900. The van der Waals surface area contributed by atoms with Gasteiger partial charge in [0.25, 0.3) is 0 Å². The van der Waals surface area contributed by atoms with Crippen molar-refractivity contribution < 1.29 is 23.8 Å². The summed E-state index contributed by atoms with van der Waals surface area (Å²) in [4.78, 5) is 16.6. The molecule has 0 radical (unpaired) electrons. The summed E-state index contributed by atoms with van der Waals surface area (Å²) in [7, 11) is -1.86. The van der Waals surface area contributed by atoms with Gasteiger partial charge in [-0.15, -0.1) is 0 Å². The minimum absolute atomic E-state index is 0.141. The Balaban J connectivity index is 1.43. The number of fused-ring (bicyclic) bond motifs is 2. The van der Waals surface area contributed by atoms with Crippen molar-refractivity contribution in [3.8, 4) is 16.9 Å². The fourth-order valence-electron chi connectivity index (χ4n) is 5.95. The van der Waals surface area contributed by atoms with E-state index in [-0.39, 0.29) is 18.3 Å². The van der Waals surface area contributed by atoms with Crippen molar-refractivity contribution in [2.75, 3.05) is 19.8 Å². The minimum Gasteiger partial charge on any atom is -0.493 e. The number of rotatable bonds is 14. The second-order valence-corrected chi connectivity index (χ2v) is 18.9. The van der Waals surface area contributed by atoms with Crippen molar-refractivity contribution >= 4 is 47.6 Å². The molecule has 48 heavy (non-hydrogen) atoms. The number of aromatic nitrogens is 3. The Kier molecular flexibility index (Phi) is 11.0. The lowest BCUT2D eigenvalue weighted by molar-refractivity contribution is 0.0519. The number of hydrogen-bond donors (Lipinski definition) is 2. The van der Waals surface area contributed by atoms with E-state index in [1.165, 1.54) is 0 Å². The highest BCUT2D eigenvalue weighted by Gasteiger charge is 2.37. The molecule has 0 spiro atoms. The van der Waals surface area contributed by atoms with Crippen molar-refractivity contribution in [3.63, 3.8) is 0 Å². The highest BCUT2D eigenvalue weighted by molar-refractivity contribution is 6.74. The Morgan fingerprint density at radius 3 is 2.48 bits per heavy atom. The van der Waals surface area contributed by atoms with E-state index in [1.54, 1.807) is 6.92 Å². The van der Waals surface area contributed by atoms with Gasteiger partial charge in [0, 0.05) is 40.7 Å². The average molecular weight is 690 g/mol. The van der Waals surface area contributed by atoms with Crippen molar-refractivity contribution in [1.29, 1.82) is 0 Å². The lowest BCUT2D eigenvalue weighted by Gasteiger charge is -2.36. The number of aliphatic hydroxyl groups is 1. The predicted molar refractivity (Wildman–Crippen MR) is 197 cm³/mol. The molecular weight excluding hydrogens is 642 g/mol. The number of carbonyl (C=O) groups excluding carboxylic acids is 1. The van der Waals surface area contributed by atoms with Gasteiger partial charge >= 0.3 is 5.97 Å². The number of nitrogens with zero attached hydrogens (tertiary/aromatic N) is 2. The fraction of sp³-hybridized carbons (Fsp3) is 0.421. The first-order valence-corrected chi connectivity index (χ1v) is 20.1. The van der Waals surface area contributed by atoms with Crippen LogP contribution in [-0.2, 0) is 28.7 Å². The number of H-pyrrole nitrogens is 1. The molecular formula is C38H48ClN3O5Si. The van der Waals surface area contributed by atoms with Crippen molar-refractivity contribution in [1.82, 2.24) is 14.8 Å². The van der Waals surface area contributed by atoms with Crippen molar-refractivity contribution in [3.05, 3.63) is 82.3 Å². The fourth-order valence-corrected chi connectivity index (χ4v) is 7.29. The lowest BCUT2D eigenvalue weighted by Crippen LogP contribution is -2.41. The van der Waals surface area contributed by atoms with Crippen LogP contribution in [0.2, 0.25) is 23.2 Å². The van der Waals surface area contributed by atoms with Gasteiger partial charge in [-0.3, -0.25) is 4.68 Å². The normalized spacial score (nSPS) is 12.3. The summed E-state index contributed by atoms with van der Waals surface area (Å²) in [6, 6.07) is 18.0. The number of aryl methyl sites for hydroxylation is 2. The maximum atomic E-state index is 13.3. The first-order valence-electron chi connectivity index (χ1n) is 16.8. The average Bonchev–Trinajstić information content (AvgIpc) is 3.57. The van der Waals surface area contributed by atoms with Crippen LogP contribution in [0.1, 0.15) is 68.0 Å². The summed E-state index contributed by atoms with van der Waals surface area (Å²) < 4.78 is 20.0. The zero-order valence-electron chi connectivity index (χ0n) is 29.2. The largest absolute Gasteiger partial charge is 0.493 e. The highest BCUT2D eigenvalue weighted by atomic mass is 35.5. The molecule has 0 bridgehead atoms. The smallest absolute Gasteiger partial charge is 0.355 e. The molecule has 2 N–H and O–H groups in total. The zero-order chi connectivity index (χ0) is 34.6. The van der Waals surface area contributed by atoms with Gasteiger partial charge in [-0.05, 0) is 74.3 Å². The SMILES string of the molecule is CCOC(=O)c1[nH]c2c(-c3c(CO)nn(CCCO[Si](C)(C)C(C)(C)C)c3C)c(Cl)ccc2c1CCCOc1cccc2ccccc12. The van der Waals surface area contributed by atoms with E-state index in [9.17, 15) is 9.90 Å². The molecule has 5 rings (SSSR count). The van der Waals surface area contributed by atoms with Gasteiger partial charge < -0.3 is 24.0 Å². The first kappa shape index (κ1) is 35.7. The summed E-state index contributed by atoms with van der Waals surface area (Å²) in [6.45, 7) is 16.8. The first-order chi connectivity index (χ1) is 22.9. The van der Waals surface area contributed by atoms with Gasteiger partial charge in [0.15, 0.2) is 8.32 Å². The van der Waals surface area contributed by atoms with Crippen molar-refractivity contribution in [2.45, 2.75) is 85.2 Å². The molecule has 0 aliphatic carbocycles. The molecule has 0 fully saturated rings. The molecule has 5 aromatic rings. The molecule has 0 amide bonds. The molecule has 2 aromatic heterocycles. The van der Waals surface area contributed by atoms with Crippen LogP contribution in [0, 0.1) is 6.92 Å². The molecule has 256 valence electrons. The van der Waals surface area contributed by atoms with E-state index in [1.807, 2.05) is 48.0 Å². The van der Waals surface area contributed by atoms with Crippen LogP contribution in [0.3, 0.4) is 0 Å². The third kappa shape index (κ3) is 7.34. The minimum atomic E-state index is -1.86. The van der Waals surface area contributed by atoms with E-state index in [0.717, 1.165) is 45.1 Å². The monoisotopic (exact) mass is 689 g/mol. The summed E-state index contributed by atoms with van der Waals surface area (Å²) in [5.74, 6) is 0.416. The van der Waals surface area contributed by atoms with Gasteiger partial charge in [-0.2, -0.15) is 5.10 Å². The number of aliphatic hydroxyl groups excluding tert-OH is 1. The summed E-state index contributed by atoms with van der Waals surface area (Å²) in [5, 5.41) is 18.9. The maximum Gasteiger partial charge on any atom is 0.355 e. The molecule has 0 atom stereocenters. The van der Waals surface area contributed by atoms with Crippen LogP contribution in [-0.4, -0.2) is 54.0 Å². The Hall–Kier alpha value is -3.63. The quantitative estimate of drug-likeness (QED) is 0.0685. The van der Waals surface area contributed by atoms with Crippen LogP contribution in [0.4, 0.5) is 0 Å². The van der Waals surface area contributed by atoms with E-state index < -0.39 is 14.3 Å². The second-order valence-electron chi connectivity index (χ2n) is 13.7.